The summed E-state index contributed by atoms with van der Waals surface area (Å²) >= 11 is 1.19. The largest absolute Gasteiger partial charge is 0.506 e. The molecule has 0 saturated heterocycles. The maximum atomic E-state index is 12.9. The number of aromatic hydroxyl groups is 1. The van der Waals surface area contributed by atoms with Crippen LogP contribution in [0, 0.1) is 0 Å². The van der Waals surface area contributed by atoms with Gasteiger partial charge in [-0.25, -0.2) is 0 Å². The number of fused-ring (bicyclic) bond motifs is 1. The molecule has 0 radical (unpaired) electrons. The van der Waals surface area contributed by atoms with E-state index >= 15 is 0 Å². The maximum Gasteiger partial charge on any atom is 0.267 e. The molecule has 1 amide bonds. The predicted molar refractivity (Wildman–Crippen MR) is 123 cm³/mol. The van der Waals surface area contributed by atoms with Crippen LogP contribution in [0.15, 0.2) is 53.3 Å². The van der Waals surface area contributed by atoms with E-state index in [1.54, 1.807) is 24.3 Å². The molecule has 2 aromatic heterocycles. The summed E-state index contributed by atoms with van der Waals surface area (Å²) < 4.78 is 1.46. The van der Waals surface area contributed by atoms with Crippen molar-refractivity contribution in [1.82, 2.24) is 14.8 Å². The van der Waals surface area contributed by atoms with Crippen molar-refractivity contribution in [3.05, 3.63) is 64.4 Å². The number of pyridine rings is 1. The number of carbonyl (C=O) groups excluding carboxylic acids is 1. The van der Waals surface area contributed by atoms with Gasteiger partial charge in [0.05, 0.1) is 5.52 Å². The van der Waals surface area contributed by atoms with Crippen LogP contribution in [-0.4, -0.2) is 39.9 Å². The van der Waals surface area contributed by atoms with Gasteiger partial charge in [0.15, 0.2) is 0 Å². The average molecular weight is 436 g/mol. The first-order chi connectivity index (χ1) is 14.9. The second-order valence-corrected chi connectivity index (χ2v) is 8.08. The SMILES string of the molecule is CCn1c(=O)c(C(=O)Nc2nnc(-c3ccc(N(C)C)cc3)s2)c(O)c2ccccc21. The van der Waals surface area contributed by atoms with Gasteiger partial charge >= 0.3 is 0 Å². The quantitative estimate of drug-likeness (QED) is 0.497. The molecular weight excluding hydrogens is 414 g/mol. The molecule has 4 rings (SSSR count). The van der Waals surface area contributed by atoms with Crippen LogP contribution in [0.1, 0.15) is 17.3 Å². The zero-order chi connectivity index (χ0) is 22.1. The third kappa shape index (κ3) is 3.75. The van der Waals surface area contributed by atoms with Crippen LogP contribution in [0.4, 0.5) is 10.8 Å². The molecule has 0 unspecified atom stereocenters. The van der Waals surface area contributed by atoms with Gasteiger partial charge in [0.25, 0.3) is 11.5 Å². The molecule has 4 aromatic rings. The van der Waals surface area contributed by atoms with Crippen molar-refractivity contribution in [2.45, 2.75) is 13.5 Å². The van der Waals surface area contributed by atoms with Gasteiger partial charge in [-0.15, -0.1) is 10.2 Å². The third-order valence-corrected chi connectivity index (χ3v) is 5.85. The second-order valence-electron chi connectivity index (χ2n) is 7.10. The number of aromatic nitrogens is 3. The Morgan fingerprint density at radius 2 is 1.84 bits per heavy atom. The molecule has 0 atom stereocenters. The molecule has 31 heavy (non-hydrogen) atoms. The van der Waals surface area contributed by atoms with Gasteiger partial charge in [0, 0.05) is 37.3 Å². The van der Waals surface area contributed by atoms with Gasteiger partial charge < -0.3 is 14.6 Å². The van der Waals surface area contributed by atoms with Gasteiger partial charge in [0.2, 0.25) is 5.13 Å². The van der Waals surface area contributed by atoms with Gasteiger partial charge in [-0.1, -0.05) is 23.5 Å². The fraction of sp³-hybridized carbons (Fsp3) is 0.182. The normalized spacial score (nSPS) is 10.9. The summed E-state index contributed by atoms with van der Waals surface area (Å²) in [5, 5.41) is 22.7. The van der Waals surface area contributed by atoms with E-state index < -0.39 is 11.5 Å². The zero-order valence-corrected chi connectivity index (χ0v) is 18.1. The van der Waals surface area contributed by atoms with Crippen molar-refractivity contribution in [1.29, 1.82) is 0 Å². The molecule has 0 aliphatic rings. The highest BCUT2D eigenvalue weighted by Crippen LogP contribution is 2.30. The lowest BCUT2D eigenvalue weighted by Gasteiger charge is -2.12. The summed E-state index contributed by atoms with van der Waals surface area (Å²) in [6.07, 6.45) is 0. The zero-order valence-electron chi connectivity index (χ0n) is 17.3. The molecule has 2 heterocycles. The summed E-state index contributed by atoms with van der Waals surface area (Å²) in [4.78, 5) is 27.8. The Morgan fingerprint density at radius 3 is 2.52 bits per heavy atom. The Morgan fingerprint density at radius 1 is 1.13 bits per heavy atom. The smallest absolute Gasteiger partial charge is 0.267 e. The number of hydrogen-bond acceptors (Lipinski definition) is 7. The van der Waals surface area contributed by atoms with Crippen LogP contribution in [0.25, 0.3) is 21.5 Å². The molecule has 0 aliphatic carbocycles. The minimum absolute atomic E-state index is 0.242. The number of nitrogens with one attached hydrogen (secondary N) is 1. The number of benzene rings is 2. The molecule has 2 aromatic carbocycles. The number of nitrogens with zero attached hydrogens (tertiary/aromatic N) is 4. The number of carbonyl (C=O) groups is 1. The van der Waals surface area contributed by atoms with E-state index in [2.05, 4.69) is 15.5 Å². The Bertz CT molecular complexity index is 1330. The number of aryl methyl sites for hydroxylation is 1. The molecule has 0 fully saturated rings. The summed E-state index contributed by atoms with van der Waals surface area (Å²) in [6, 6.07) is 14.7. The molecule has 0 aliphatic heterocycles. The van der Waals surface area contributed by atoms with Crippen LogP contribution >= 0.6 is 11.3 Å². The molecule has 0 spiro atoms. The minimum Gasteiger partial charge on any atom is -0.506 e. The summed E-state index contributed by atoms with van der Waals surface area (Å²) in [6.45, 7) is 2.18. The van der Waals surface area contributed by atoms with E-state index in [4.69, 9.17) is 0 Å². The van der Waals surface area contributed by atoms with E-state index in [1.807, 2.05) is 50.2 Å². The number of amides is 1. The number of anilines is 2. The van der Waals surface area contributed by atoms with Crippen LogP contribution in [0.3, 0.4) is 0 Å². The molecule has 9 heteroatoms. The van der Waals surface area contributed by atoms with Crippen LogP contribution < -0.4 is 15.8 Å². The highest BCUT2D eigenvalue weighted by Gasteiger charge is 2.23. The standard InChI is InChI=1S/C22H21N5O3S/c1-4-27-16-8-6-5-7-15(16)18(28)17(21(27)30)19(29)23-22-25-24-20(31-22)13-9-11-14(12-10-13)26(2)3/h5-12,28H,4H2,1-3H3,(H,23,25,29). The predicted octanol–water partition coefficient (Wildman–Crippen LogP) is 3.56. The van der Waals surface area contributed by atoms with Crippen LogP contribution in [0.2, 0.25) is 0 Å². The number of hydrogen-bond donors (Lipinski definition) is 2. The highest BCUT2D eigenvalue weighted by atomic mass is 32.1. The maximum absolute atomic E-state index is 12.9. The molecule has 8 nitrogen and oxygen atoms in total. The van der Waals surface area contributed by atoms with E-state index in [0.29, 0.717) is 22.5 Å². The Hall–Kier alpha value is -3.72. The second kappa shape index (κ2) is 8.19. The fourth-order valence-corrected chi connectivity index (χ4v) is 4.10. The van der Waals surface area contributed by atoms with Crippen LogP contribution in [-0.2, 0) is 6.54 Å². The van der Waals surface area contributed by atoms with Crippen molar-refractivity contribution in [3.8, 4) is 16.3 Å². The number of para-hydroxylation sites is 1. The molecule has 158 valence electrons. The molecular formula is C22H21N5O3S. The van der Waals surface area contributed by atoms with E-state index in [0.717, 1.165) is 11.3 Å². The molecule has 0 saturated carbocycles. The Labute approximate surface area is 182 Å². The summed E-state index contributed by atoms with van der Waals surface area (Å²) in [5.74, 6) is -1.06. The minimum atomic E-state index is -0.721. The van der Waals surface area contributed by atoms with Crippen molar-refractivity contribution in [2.24, 2.45) is 0 Å². The van der Waals surface area contributed by atoms with E-state index in [-0.39, 0.29) is 16.4 Å². The highest BCUT2D eigenvalue weighted by molar-refractivity contribution is 7.18. The topological polar surface area (TPSA) is 100 Å². The monoisotopic (exact) mass is 435 g/mol. The van der Waals surface area contributed by atoms with Crippen molar-refractivity contribution in [2.75, 3.05) is 24.3 Å². The third-order valence-electron chi connectivity index (χ3n) is 4.97. The lowest BCUT2D eigenvalue weighted by molar-refractivity contribution is 0.102. The lowest BCUT2D eigenvalue weighted by Crippen LogP contribution is -2.29. The van der Waals surface area contributed by atoms with Crippen molar-refractivity contribution < 1.29 is 9.90 Å². The first-order valence-corrected chi connectivity index (χ1v) is 10.5. The van der Waals surface area contributed by atoms with Gasteiger partial charge in [-0.2, -0.15) is 0 Å². The molecule has 2 N–H and O–H groups in total. The Balaban J connectivity index is 1.65. The first kappa shape index (κ1) is 20.5. The number of rotatable bonds is 5. The lowest BCUT2D eigenvalue weighted by atomic mass is 10.1. The van der Waals surface area contributed by atoms with Crippen molar-refractivity contribution >= 4 is 39.0 Å². The first-order valence-electron chi connectivity index (χ1n) is 9.67. The van der Waals surface area contributed by atoms with E-state index in [9.17, 15) is 14.7 Å². The fourth-order valence-electron chi connectivity index (χ4n) is 3.36. The van der Waals surface area contributed by atoms with E-state index in [1.165, 1.54) is 15.9 Å². The van der Waals surface area contributed by atoms with Crippen molar-refractivity contribution in [3.63, 3.8) is 0 Å². The van der Waals surface area contributed by atoms with Gasteiger partial charge in [0.1, 0.15) is 16.3 Å². The Kier molecular flexibility index (Phi) is 5.43. The van der Waals surface area contributed by atoms with Gasteiger partial charge in [-0.05, 0) is 43.3 Å². The average Bonchev–Trinajstić information content (AvgIpc) is 3.22. The summed E-state index contributed by atoms with van der Waals surface area (Å²) in [7, 11) is 3.92. The molecule has 0 bridgehead atoms. The van der Waals surface area contributed by atoms with Crippen LogP contribution in [0.5, 0.6) is 5.75 Å². The summed E-state index contributed by atoms with van der Waals surface area (Å²) in [5.41, 5.74) is 1.63. The van der Waals surface area contributed by atoms with Gasteiger partial charge in [-0.3, -0.25) is 14.9 Å².